The van der Waals surface area contributed by atoms with Gasteiger partial charge in [-0.3, -0.25) is 9.59 Å². The molecule has 2 amide bonds. The number of fused-ring (bicyclic) bond motifs is 1. The van der Waals surface area contributed by atoms with Crippen molar-refractivity contribution in [2.75, 3.05) is 25.0 Å². The molecule has 0 aromatic heterocycles. The van der Waals surface area contributed by atoms with Crippen LogP contribution in [0.5, 0.6) is 0 Å². The number of amides is 2. The Kier molecular flexibility index (Phi) is 3.95. The van der Waals surface area contributed by atoms with E-state index in [2.05, 4.69) is 6.07 Å². The summed E-state index contributed by atoms with van der Waals surface area (Å²) in [6, 6.07) is 6.06. The van der Waals surface area contributed by atoms with E-state index in [-0.39, 0.29) is 11.8 Å². The second-order valence-electron chi connectivity index (χ2n) is 6.03. The van der Waals surface area contributed by atoms with E-state index in [1.165, 1.54) is 12.0 Å². The Hall–Kier alpha value is -1.84. The summed E-state index contributed by atoms with van der Waals surface area (Å²) in [4.78, 5) is 27.7. The highest BCUT2D eigenvalue weighted by atomic mass is 16.2. The first kappa shape index (κ1) is 14.1. The molecule has 1 aromatic carbocycles. The highest BCUT2D eigenvalue weighted by molar-refractivity contribution is 5.96. The lowest BCUT2D eigenvalue weighted by atomic mass is 9.97. The van der Waals surface area contributed by atoms with E-state index in [1.54, 1.807) is 4.90 Å². The van der Waals surface area contributed by atoms with E-state index in [4.69, 9.17) is 0 Å². The number of carbonyl (C=O) groups is 2. The average Bonchev–Trinajstić information content (AvgIpc) is 2.52. The molecule has 21 heavy (non-hydrogen) atoms. The SMILES string of the molecule is CN1C(=O)CCc2cc(CC(=O)N3CCCCC3)ccc21. The van der Waals surface area contributed by atoms with Gasteiger partial charge < -0.3 is 9.80 Å². The molecular weight excluding hydrogens is 264 g/mol. The predicted molar refractivity (Wildman–Crippen MR) is 82.3 cm³/mol. The normalized spacial score (nSPS) is 18.6. The number of carbonyl (C=O) groups excluding carboxylic acids is 2. The first-order chi connectivity index (χ1) is 10.1. The molecule has 112 valence electrons. The van der Waals surface area contributed by atoms with Crippen molar-refractivity contribution in [1.29, 1.82) is 0 Å². The van der Waals surface area contributed by atoms with Crippen LogP contribution < -0.4 is 4.90 Å². The maximum atomic E-state index is 12.3. The molecule has 1 saturated heterocycles. The molecule has 4 heteroatoms. The van der Waals surface area contributed by atoms with Crippen LogP contribution in [-0.4, -0.2) is 36.9 Å². The molecule has 0 saturated carbocycles. The molecule has 0 atom stereocenters. The van der Waals surface area contributed by atoms with E-state index in [0.717, 1.165) is 43.6 Å². The molecule has 0 aliphatic carbocycles. The van der Waals surface area contributed by atoms with E-state index in [0.29, 0.717) is 12.8 Å². The molecular formula is C17H22N2O2. The molecule has 2 aliphatic heterocycles. The summed E-state index contributed by atoms with van der Waals surface area (Å²) < 4.78 is 0. The van der Waals surface area contributed by atoms with Crippen molar-refractivity contribution in [2.24, 2.45) is 0 Å². The lowest BCUT2D eigenvalue weighted by Gasteiger charge is -2.28. The van der Waals surface area contributed by atoms with Gasteiger partial charge in [-0.05, 0) is 42.9 Å². The Morgan fingerprint density at radius 1 is 1.14 bits per heavy atom. The number of anilines is 1. The maximum absolute atomic E-state index is 12.3. The standard InChI is InChI=1S/C17H22N2O2/c1-18-15-7-5-13(11-14(15)6-8-16(18)20)12-17(21)19-9-3-2-4-10-19/h5,7,11H,2-4,6,8-10,12H2,1H3. The van der Waals surface area contributed by atoms with Crippen molar-refractivity contribution in [3.8, 4) is 0 Å². The van der Waals surface area contributed by atoms with Gasteiger partial charge in [0.05, 0.1) is 6.42 Å². The van der Waals surface area contributed by atoms with Crippen LogP contribution in [0, 0.1) is 0 Å². The fraction of sp³-hybridized carbons (Fsp3) is 0.529. The van der Waals surface area contributed by atoms with Gasteiger partial charge in [0, 0.05) is 32.2 Å². The van der Waals surface area contributed by atoms with Crippen LogP contribution in [0.1, 0.15) is 36.8 Å². The number of aryl methyl sites for hydroxylation is 1. The lowest BCUT2D eigenvalue weighted by Crippen LogP contribution is -2.36. The number of rotatable bonds is 2. The fourth-order valence-electron chi connectivity index (χ4n) is 3.25. The molecule has 0 radical (unpaired) electrons. The Bertz CT molecular complexity index is 562. The van der Waals surface area contributed by atoms with Gasteiger partial charge in [-0.25, -0.2) is 0 Å². The van der Waals surface area contributed by atoms with Gasteiger partial charge in [-0.15, -0.1) is 0 Å². The Morgan fingerprint density at radius 2 is 1.90 bits per heavy atom. The topological polar surface area (TPSA) is 40.6 Å². The number of nitrogens with zero attached hydrogens (tertiary/aromatic N) is 2. The molecule has 2 aliphatic rings. The number of benzene rings is 1. The quantitative estimate of drug-likeness (QED) is 0.836. The first-order valence-corrected chi connectivity index (χ1v) is 7.81. The Balaban J connectivity index is 1.72. The molecule has 1 aromatic rings. The minimum absolute atomic E-state index is 0.166. The van der Waals surface area contributed by atoms with Gasteiger partial charge in [0.1, 0.15) is 0 Å². The number of likely N-dealkylation sites (tertiary alicyclic amines) is 1. The van der Waals surface area contributed by atoms with Gasteiger partial charge in [-0.1, -0.05) is 12.1 Å². The van der Waals surface area contributed by atoms with Crippen molar-refractivity contribution >= 4 is 17.5 Å². The highest BCUT2D eigenvalue weighted by Crippen LogP contribution is 2.27. The zero-order valence-electron chi connectivity index (χ0n) is 12.6. The minimum atomic E-state index is 0.166. The van der Waals surface area contributed by atoms with E-state index in [1.807, 2.05) is 24.1 Å². The van der Waals surface area contributed by atoms with Crippen LogP contribution in [0.15, 0.2) is 18.2 Å². The summed E-state index contributed by atoms with van der Waals surface area (Å²) in [6.07, 6.45) is 5.32. The highest BCUT2D eigenvalue weighted by Gasteiger charge is 2.22. The monoisotopic (exact) mass is 286 g/mol. The molecule has 0 unspecified atom stereocenters. The summed E-state index contributed by atoms with van der Waals surface area (Å²) in [5, 5.41) is 0. The van der Waals surface area contributed by atoms with Crippen LogP contribution in [0.2, 0.25) is 0 Å². The second-order valence-corrected chi connectivity index (χ2v) is 6.03. The molecule has 4 nitrogen and oxygen atoms in total. The van der Waals surface area contributed by atoms with Gasteiger partial charge >= 0.3 is 0 Å². The third kappa shape index (κ3) is 2.94. The molecule has 3 rings (SSSR count). The summed E-state index contributed by atoms with van der Waals surface area (Å²) in [7, 11) is 1.82. The maximum Gasteiger partial charge on any atom is 0.227 e. The van der Waals surface area contributed by atoms with Crippen LogP contribution in [0.3, 0.4) is 0 Å². The average molecular weight is 286 g/mol. The van der Waals surface area contributed by atoms with Crippen molar-refractivity contribution in [2.45, 2.75) is 38.5 Å². The van der Waals surface area contributed by atoms with Crippen molar-refractivity contribution in [3.63, 3.8) is 0 Å². The van der Waals surface area contributed by atoms with Crippen LogP contribution in [0.4, 0.5) is 5.69 Å². The van der Waals surface area contributed by atoms with Gasteiger partial charge in [0.2, 0.25) is 11.8 Å². The van der Waals surface area contributed by atoms with Gasteiger partial charge in [0.15, 0.2) is 0 Å². The summed E-state index contributed by atoms with van der Waals surface area (Å²) >= 11 is 0. The molecule has 0 N–H and O–H groups in total. The Morgan fingerprint density at radius 3 is 2.67 bits per heavy atom. The van der Waals surface area contributed by atoms with Crippen molar-refractivity contribution < 1.29 is 9.59 Å². The Labute approximate surface area is 125 Å². The molecule has 0 spiro atoms. The lowest BCUT2D eigenvalue weighted by molar-refractivity contribution is -0.131. The van der Waals surface area contributed by atoms with Gasteiger partial charge in [0.25, 0.3) is 0 Å². The van der Waals surface area contributed by atoms with E-state index < -0.39 is 0 Å². The van der Waals surface area contributed by atoms with E-state index >= 15 is 0 Å². The van der Waals surface area contributed by atoms with Crippen LogP contribution in [0.25, 0.3) is 0 Å². The summed E-state index contributed by atoms with van der Waals surface area (Å²) in [5.41, 5.74) is 3.23. The second kappa shape index (κ2) is 5.88. The zero-order chi connectivity index (χ0) is 14.8. The molecule has 2 heterocycles. The van der Waals surface area contributed by atoms with Crippen molar-refractivity contribution in [1.82, 2.24) is 4.90 Å². The van der Waals surface area contributed by atoms with Gasteiger partial charge in [-0.2, -0.15) is 0 Å². The van der Waals surface area contributed by atoms with Crippen molar-refractivity contribution in [3.05, 3.63) is 29.3 Å². The van der Waals surface area contributed by atoms with Crippen LogP contribution >= 0.6 is 0 Å². The molecule has 0 bridgehead atoms. The smallest absolute Gasteiger partial charge is 0.227 e. The minimum Gasteiger partial charge on any atom is -0.342 e. The predicted octanol–water partition coefficient (Wildman–Crippen LogP) is 2.15. The summed E-state index contributed by atoms with van der Waals surface area (Å²) in [6.45, 7) is 1.81. The number of piperidine rings is 1. The third-order valence-corrected chi connectivity index (χ3v) is 4.55. The number of hydrogen-bond donors (Lipinski definition) is 0. The third-order valence-electron chi connectivity index (χ3n) is 4.55. The largest absolute Gasteiger partial charge is 0.342 e. The van der Waals surface area contributed by atoms with Crippen LogP contribution in [-0.2, 0) is 22.4 Å². The van der Waals surface area contributed by atoms with E-state index in [9.17, 15) is 9.59 Å². The zero-order valence-corrected chi connectivity index (χ0v) is 12.6. The first-order valence-electron chi connectivity index (χ1n) is 7.81. The summed E-state index contributed by atoms with van der Waals surface area (Å²) in [5.74, 6) is 0.398. The molecule has 1 fully saturated rings. The fourth-order valence-corrected chi connectivity index (χ4v) is 3.25. The number of hydrogen-bond acceptors (Lipinski definition) is 2.